The minimum absolute atomic E-state index is 0.0538. The molecule has 154 valence electrons. The molecule has 2 aliphatic heterocycles. The van der Waals surface area contributed by atoms with E-state index in [2.05, 4.69) is 6.58 Å². The van der Waals surface area contributed by atoms with Crippen LogP contribution in [0.1, 0.15) is 43.2 Å². The lowest BCUT2D eigenvalue weighted by Crippen LogP contribution is -2.81. The lowest BCUT2D eigenvalue weighted by Gasteiger charge is -2.68. The normalized spacial score (nSPS) is 41.6. The van der Waals surface area contributed by atoms with Crippen molar-refractivity contribution in [3.8, 4) is 11.5 Å². The lowest BCUT2D eigenvalue weighted by atomic mass is 9.48. The van der Waals surface area contributed by atoms with Crippen LogP contribution in [-0.4, -0.2) is 53.0 Å². The Morgan fingerprint density at radius 2 is 2.21 bits per heavy atom. The molecule has 2 bridgehead atoms. The van der Waals surface area contributed by atoms with Gasteiger partial charge in [0.15, 0.2) is 23.4 Å². The Labute approximate surface area is 170 Å². The molecule has 5 atom stereocenters. The predicted molar refractivity (Wildman–Crippen MR) is 106 cm³/mol. The summed E-state index contributed by atoms with van der Waals surface area (Å²) in [7, 11) is 0. The first-order chi connectivity index (χ1) is 14.0. The highest BCUT2D eigenvalue weighted by atomic mass is 16.6. The molecule has 5 aliphatic rings. The molecule has 0 amide bonds. The number of ether oxygens (including phenoxy) is 2. The van der Waals surface area contributed by atoms with Gasteiger partial charge >= 0.3 is 0 Å². The summed E-state index contributed by atoms with van der Waals surface area (Å²) in [4.78, 5) is 13.0. The number of hydrogen-bond donors (Lipinski definition) is 1. The molecule has 0 aromatic heterocycles. The van der Waals surface area contributed by atoms with Gasteiger partial charge in [0.25, 0.3) is 0 Å². The Hall–Kier alpha value is -1.89. The maximum absolute atomic E-state index is 14.3. The molecule has 3 aliphatic carbocycles. The number of benzene rings is 1. The third kappa shape index (κ3) is 2.05. The van der Waals surface area contributed by atoms with E-state index >= 15 is 0 Å². The van der Waals surface area contributed by atoms with Gasteiger partial charge in [0, 0.05) is 30.7 Å². The van der Waals surface area contributed by atoms with Crippen molar-refractivity contribution in [2.45, 2.75) is 61.7 Å². The van der Waals surface area contributed by atoms with Gasteiger partial charge in [-0.2, -0.15) is 0 Å². The van der Waals surface area contributed by atoms with Crippen LogP contribution in [0.15, 0.2) is 24.8 Å². The fraction of sp³-hybridized carbons (Fsp3) is 0.609. The zero-order chi connectivity index (χ0) is 20.0. The van der Waals surface area contributed by atoms with Gasteiger partial charge in [0.05, 0.1) is 25.1 Å². The molecule has 1 saturated heterocycles. The van der Waals surface area contributed by atoms with E-state index in [-0.39, 0.29) is 22.2 Å². The number of likely N-dealkylation sites (tertiary alicyclic amines) is 1. The summed E-state index contributed by atoms with van der Waals surface area (Å²) in [6.07, 6.45) is 5.35. The van der Waals surface area contributed by atoms with Gasteiger partial charge in [-0.1, -0.05) is 12.1 Å². The second kappa shape index (κ2) is 5.62. The molecule has 0 radical (unpaired) electrons. The standard InChI is InChI=1S/C23H27NO5/c1-2-11-28-23-8-7-17(26)21-22(23)9-10-24(27,13-14-3-4-14)18(23)12-15-5-6-16(25)20(29-21)19(15)22/h2,5-6,14,18,21,25H,1,3-4,7-13H2/t18-,21+,22+,23?,24+/m1/s1. The van der Waals surface area contributed by atoms with Crippen LogP contribution in [0.3, 0.4) is 0 Å². The zero-order valence-electron chi connectivity index (χ0n) is 16.6. The maximum Gasteiger partial charge on any atom is 0.174 e. The number of hydroxylamine groups is 3. The summed E-state index contributed by atoms with van der Waals surface area (Å²) in [5.41, 5.74) is 0.508. The fourth-order valence-electron chi connectivity index (χ4n) is 7.01. The molecule has 2 saturated carbocycles. The van der Waals surface area contributed by atoms with Crippen LogP contribution in [0, 0.1) is 11.1 Å². The SMILES string of the molecule is C=CCOC12CCC(=O)[C@@H]3Oc4c(O)ccc5c4[C@@]31CC[N@+]([O-])(CC1CC1)[C@@H]2C5. The van der Waals surface area contributed by atoms with Crippen molar-refractivity contribution in [2.24, 2.45) is 5.92 Å². The highest BCUT2D eigenvalue weighted by Crippen LogP contribution is 2.67. The first kappa shape index (κ1) is 17.9. The van der Waals surface area contributed by atoms with Crippen molar-refractivity contribution in [3.05, 3.63) is 41.1 Å². The highest BCUT2D eigenvalue weighted by molar-refractivity contribution is 5.90. The van der Waals surface area contributed by atoms with E-state index in [0.717, 1.165) is 24.0 Å². The molecular formula is C23H27NO5. The zero-order valence-corrected chi connectivity index (χ0v) is 16.6. The van der Waals surface area contributed by atoms with E-state index < -0.39 is 17.1 Å². The van der Waals surface area contributed by atoms with E-state index in [1.807, 2.05) is 6.07 Å². The molecule has 1 spiro atoms. The van der Waals surface area contributed by atoms with E-state index in [1.54, 1.807) is 12.1 Å². The molecule has 1 unspecified atom stereocenters. The van der Waals surface area contributed by atoms with E-state index in [9.17, 15) is 15.1 Å². The molecule has 1 aromatic rings. The fourth-order valence-corrected chi connectivity index (χ4v) is 7.01. The Morgan fingerprint density at radius 1 is 1.38 bits per heavy atom. The Bertz CT molecular complexity index is 922. The highest BCUT2D eigenvalue weighted by Gasteiger charge is 2.77. The molecule has 1 N–H and O–H groups in total. The molecule has 6 nitrogen and oxygen atoms in total. The number of ketones is 1. The number of aromatic hydroxyl groups is 1. The molecule has 3 fully saturated rings. The number of phenolic OH excluding ortho intramolecular Hbond substituents is 1. The van der Waals surface area contributed by atoms with Gasteiger partial charge in [-0.15, -0.1) is 6.58 Å². The number of hydrogen-bond acceptors (Lipinski definition) is 5. The molecule has 29 heavy (non-hydrogen) atoms. The Balaban J connectivity index is 1.61. The van der Waals surface area contributed by atoms with E-state index in [1.165, 1.54) is 0 Å². The van der Waals surface area contributed by atoms with Crippen LogP contribution < -0.4 is 4.74 Å². The van der Waals surface area contributed by atoms with Crippen LogP contribution in [0.4, 0.5) is 0 Å². The predicted octanol–water partition coefficient (Wildman–Crippen LogP) is 2.75. The van der Waals surface area contributed by atoms with Crippen LogP contribution in [-0.2, 0) is 21.4 Å². The average Bonchev–Trinajstić information content (AvgIpc) is 3.43. The maximum atomic E-state index is 14.3. The number of piperidine rings is 1. The van der Waals surface area contributed by atoms with Crippen molar-refractivity contribution in [3.63, 3.8) is 0 Å². The smallest absolute Gasteiger partial charge is 0.174 e. The van der Waals surface area contributed by atoms with E-state index in [4.69, 9.17) is 9.47 Å². The second-order valence-electron chi connectivity index (χ2n) is 9.64. The second-order valence-corrected chi connectivity index (χ2v) is 9.64. The van der Waals surface area contributed by atoms with Crippen LogP contribution in [0.5, 0.6) is 11.5 Å². The number of carbonyl (C=O) groups is 1. The van der Waals surface area contributed by atoms with Crippen molar-refractivity contribution >= 4 is 5.78 Å². The number of nitrogens with zero attached hydrogens (tertiary/aromatic N) is 1. The third-order valence-electron chi connectivity index (χ3n) is 8.27. The number of Topliss-reactive ketones (excluding diaryl/α,β-unsaturated/α-hetero) is 1. The molecule has 6 rings (SSSR count). The van der Waals surface area contributed by atoms with Crippen molar-refractivity contribution in [2.75, 3.05) is 19.7 Å². The van der Waals surface area contributed by atoms with E-state index in [0.29, 0.717) is 57.0 Å². The quantitative estimate of drug-likeness (QED) is 0.470. The average molecular weight is 397 g/mol. The molecular weight excluding hydrogens is 370 g/mol. The van der Waals surface area contributed by atoms with Gasteiger partial charge in [0.2, 0.25) is 0 Å². The summed E-state index contributed by atoms with van der Waals surface area (Å²) >= 11 is 0. The van der Waals surface area contributed by atoms with Gasteiger partial charge in [-0.25, -0.2) is 0 Å². The van der Waals surface area contributed by atoms with Gasteiger partial charge < -0.3 is 24.4 Å². The number of quaternary nitrogens is 1. The molecule has 6 heteroatoms. The van der Waals surface area contributed by atoms with Crippen LogP contribution >= 0.6 is 0 Å². The lowest BCUT2D eigenvalue weighted by molar-refractivity contribution is -0.924. The van der Waals surface area contributed by atoms with Crippen LogP contribution in [0.25, 0.3) is 0 Å². The van der Waals surface area contributed by atoms with Gasteiger partial charge in [-0.3, -0.25) is 4.79 Å². The van der Waals surface area contributed by atoms with Crippen LogP contribution in [0.2, 0.25) is 0 Å². The van der Waals surface area contributed by atoms with Crippen molar-refractivity contribution in [1.29, 1.82) is 0 Å². The first-order valence-electron chi connectivity index (χ1n) is 10.8. The monoisotopic (exact) mass is 397 g/mol. The summed E-state index contributed by atoms with van der Waals surface area (Å²) in [6.45, 7) is 5.28. The largest absolute Gasteiger partial charge is 0.632 e. The Kier molecular flexibility index (Phi) is 3.48. The summed E-state index contributed by atoms with van der Waals surface area (Å²) in [6, 6.07) is 3.29. The number of phenols is 1. The minimum atomic E-state index is -0.763. The molecule has 1 aromatic carbocycles. The minimum Gasteiger partial charge on any atom is -0.632 e. The number of carbonyl (C=O) groups excluding carboxylic acids is 1. The number of rotatable bonds is 5. The first-order valence-corrected chi connectivity index (χ1v) is 10.8. The summed E-state index contributed by atoms with van der Waals surface area (Å²) in [5, 5.41) is 24.8. The van der Waals surface area contributed by atoms with Gasteiger partial charge in [-0.05, 0) is 30.9 Å². The van der Waals surface area contributed by atoms with Crippen molar-refractivity contribution < 1.29 is 24.0 Å². The summed E-state index contributed by atoms with van der Waals surface area (Å²) in [5.74, 6) is 1.07. The molecule has 2 heterocycles. The topological polar surface area (TPSA) is 78.8 Å². The summed E-state index contributed by atoms with van der Waals surface area (Å²) < 4.78 is 12.5. The Morgan fingerprint density at radius 3 is 2.97 bits per heavy atom. The third-order valence-corrected chi connectivity index (χ3v) is 8.27. The van der Waals surface area contributed by atoms with Gasteiger partial charge in [0.1, 0.15) is 11.6 Å². The van der Waals surface area contributed by atoms with Crippen molar-refractivity contribution in [1.82, 2.24) is 0 Å².